The van der Waals surface area contributed by atoms with E-state index in [2.05, 4.69) is 45.3 Å². The van der Waals surface area contributed by atoms with Crippen molar-refractivity contribution < 1.29 is 14.0 Å². The lowest BCUT2D eigenvalue weighted by atomic mass is 10.1. The van der Waals surface area contributed by atoms with Crippen molar-refractivity contribution >= 4 is 26.2 Å². The van der Waals surface area contributed by atoms with E-state index in [-0.39, 0.29) is 5.04 Å². The van der Waals surface area contributed by atoms with E-state index in [1.54, 1.807) is 18.2 Å². The van der Waals surface area contributed by atoms with Gasteiger partial charge in [0, 0.05) is 12.3 Å². The highest BCUT2D eigenvalue weighted by Gasteiger charge is 2.36. The number of carbonyl (C=O) groups excluding carboxylic acids is 1. The molecule has 0 aromatic heterocycles. The molecule has 5 nitrogen and oxygen atoms in total. The van der Waals surface area contributed by atoms with E-state index >= 15 is 0 Å². The Bertz CT molecular complexity index is 751. The van der Waals surface area contributed by atoms with Gasteiger partial charge >= 0.3 is 6.09 Å². The molecule has 6 heteroatoms. The Morgan fingerprint density at radius 1 is 1.21 bits per heavy atom. The summed E-state index contributed by atoms with van der Waals surface area (Å²) in [6.45, 7) is 17.2. The number of anilines is 1. The third-order valence-corrected chi connectivity index (χ3v) is 9.21. The van der Waals surface area contributed by atoms with E-state index in [4.69, 9.17) is 9.16 Å². The summed E-state index contributed by atoms with van der Waals surface area (Å²) in [5.74, 6) is 0. The van der Waals surface area contributed by atoms with Gasteiger partial charge in [-0.1, -0.05) is 32.9 Å². The van der Waals surface area contributed by atoms with Gasteiger partial charge in [-0.15, -0.1) is 0 Å². The van der Waals surface area contributed by atoms with Crippen LogP contribution in [0.4, 0.5) is 10.5 Å². The molecule has 0 saturated heterocycles. The molecule has 0 aliphatic rings. The second-order valence-electron chi connectivity index (χ2n) is 9.34. The van der Waals surface area contributed by atoms with Crippen LogP contribution in [-0.2, 0) is 9.16 Å². The van der Waals surface area contributed by atoms with Gasteiger partial charge in [-0.2, -0.15) is 5.26 Å². The van der Waals surface area contributed by atoms with E-state index in [1.165, 1.54) is 0 Å². The fourth-order valence-electron chi connectivity index (χ4n) is 2.11. The molecule has 1 amide bonds. The summed E-state index contributed by atoms with van der Waals surface area (Å²) in [7, 11) is -1.75. The summed E-state index contributed by atoms with van der Waals surface area (Å²) < 4.78 is 11.4. The van der Waals surface area contributed by atoms with Crippen molar-refractivity contribution in [2.45, 2.75) is 71.7 Å². The fraction of sp³-hybridized carbons (Fsp3) is 0.545. The Hall–Kier alpha value is -2.10. The van der Waals surface area contributed by atoms with Gasteiger partial charge in [0.2, 0.25) is 0 Å². The van der Waals surface area contributed by atoms with Crippen molar-refractivity contribution in [3.8, 4) is 6.07 Å². The first-order chi connectivity index (χ1) is 12.7. The summed E-state index contributed by atoms with van der Waals surface area (Å²) in [6.07, 6.45) is 4.14. The van der Waals surface area contributed by atoms with Crippen LogP contribution >= 0.6 is 0 Å². The highest BCUT2D eigenvalue weighted by atomic mass is 28.4. The maximum absolute atomic E-state index is 11.9. The third kappa shape index (κ3) is 7.87. The van der Waals surface area contributed by atoms with Crippen molar-refractivity contribution in [3.63, 3.8) is 0 Å². The molecule has 0 heterocycles. The lowest BCUT2D eigenvalue weighted by Gasteiger charge is -2.36. The molecule has 0 fully saturated rings. The van der Waals surface area contributed by atoms with Gasteiger partial charge in [-0.3, -0.25) is 5.32 Å². The van der Waals surface area contributed by atoms with Gasteiger partial charge < -0.3 is 9.16 Å². The molecule has 0 aliphatic heterocycles. The van der Waals surface area contributed by atoms with Crippen molar-refractivity contribution in [1.29, 1.82) is 5.26 Å². The molecule has 0 radical (unpaired) electrons. The fourth-order valence-corrected chi connectivity index (χ4v) is 3.17. The van der Waals surface area contributed by atoms with Crippen molar-refractivity contribution in [3.05, 3.63) is 35.4 Å². The lowest BCUT2D eigenvalue weighted by Crippen LogP contribution is -2.40. The molecule has 1 aromatic rings. The Kier molecular flexibility index (Phi) is 8.03. The number of nitrogens with zero attached hydrogens (tertiary/aromatic N) is 1. The van der Waals surface area contributed by atoms with Crippen LogP contribution < -0.4 is 5.32 Å². The zero-order valence-corrected chi connectivity index (χ0v) is 19.5. The molecule has 1 rings (SSSR count). The number of benzene rings is 1. The summed E-state index contributed by atoms with van der Waals surface area (Å²) in [4.78, 5) is 11.9. The summed E-state index contributed by atoms with van der Waals surface area (Å²) >= 11 is 0. The van der Waals surface area contributed by atoms with Crippen molar-refractivity contribution in [2.75, 3.05) is 11.9 Å². The van der Waals surface area contributed by atoms with Gasteiger partial charge in [0.15, 0.2) is 8.32 Å². The molecule has 28 heavy (non-hydrogen) atoms. The second-order valence-corrected chi connectivity index (χ2v) is 14.1. The van der Waals surface area contributed by atoms with E-state index < -0.39 is 20.0 Å². The minimum atomic E-state index is -1.75. The lowest BCUT2D eigenvalue weighted by molar-refractivity contribution is 0.0636. The van der Waals surface area contributed by atoms with Crippen LogP contribution in [0.5, 0.6) is 0 Å². The average molecular weight is 403 g/mol. The largest absolute Gasteiger partial charge is 0.444 e. The van der Waals surface area contributed by atoms with Crippen LogP contribution in [0.1, 0.15) is 59.1 Å². The van der Waals surface area contributed by atoms with Crippen LogP contribution in [0.3, 0.4) is 0 Å². The van der Waals surface area contributed by atoms with Crippen LogP contribution in [-0.4, -0.2) is 26.6 Å². The summed E-state index contributed by atoms with van der Waals surface area (Å²) in [5, 5.41) is 12.2. The molecule has 0 spiro atoms. The SMILES string of the molecule is CC(C)(C)OC(=O)Nc1ccc(C#N)c(C=CCCO[Si](C)(C)C(C)(C)C)c1. The Balaban J connectivity index is 2.75. The van der Waals surface area contributed by atoms with Crippen LogP contribution in [0.15, 0.2) is 24.3 Å². The number of nitriles is 1. The molecule has 1 aromatic carbocycles. The first-order valence-corrected chi connectivity index (χ1v) is 12.5. The number of hydrogen-bond acceptors (Lipinski definition) is 4. The first kappa shape index (κ1) is 23.9. The van der Waals surface area contributed by atoms with Crippen molar-refractivity contribution in [2.24, 2.45) is 0 Å². The minimum absolute atomic E-state index is 0.187. The highest BCUT2D eigenvalue weighted by Crippen LogP contribution is 2.36. The van der Waals surface area contributed by atoms with E-state index in [0.29, 0.717) is 17.9 Å². The van der Waals surface area contributed by atoms with Crippen molar-refractivity contribution in [1.82, 2.24) is 0 Å². The van der Waals surface area contributed by atoms with Gasteiger partial charge in [0.1, 0.15) is 5.60 Å². The van der Waals surface area contributed by atoms with Gasteiger partial charge in [-0.05, 0) is 69.1 Å². The molecule has 0 atom stereocenters. The van der Waals surface area contributed by atoms with E-state index in [9.17, 15) is 10.1 Å². The Morgan fingerprint density at radius 2 is 1.86 bits per heavy atom. The normalized spacial score (nSPS) is 12.7. The highest BCUT2D eigenvalue weighted by molar-refractivity contribution is 6.74. The maximum atomic E-state index is 11.9. The zero-order valence-electron chi connectivity index (χ0n) is 18.5. The molecule has 154 valence electrons. The average Bonchev–Trinajstić information content (AvgIpc) is 2.51. The third-order valence-electron chi connectivity index (χ3n) is 4.67. The molecule has 0 unspecified atom stereocenters. The predicted octanol–water partition coefficient (Wildman–Crippen LogP) is 6.33. The molecular weight excluding hydrogens is 368 g/mol. The monoisotopic (exact) mass is 402 g/mol. The Labute approximate surface area is 170 Å². The summed E-state index contributed by atoms with van der Waals surface area (Å²) in [6, 6.07) is 7.34. The minimum Gasteiger partial charge on any atom is -0.444 e. The number of hydrogen-bond donors (Lipinski definition) is 1. The van der Waals surface area contributed by atoms with Gasteiger partial charge in [0.25, 0.3) is 0 Å². The van der Waals surface area contributed by atoms with Crippen LogP contribution in [0.2, 0.25) is 18.1 Å². The second kappa shape index (κ2) is 9.40. The number of rotatable bonds is 6. The smallest absolute Gasteiger partial charge is 0.412 e. The van der Waals surface area contributed by atoms with E-state index in [0.717, 1.165) is 12.0 Å². The quantitative estimate of drug-likeness (QED) is 0.446. The maximum Gasteiger partial charge on any atom is 0.412 e. The molecular formula is C22H34N2O3Si. The van der Waals surface area contributed by atoms with Gasteiger partial charge in [-0.25, -0.2) is 4.79 Å². The van der Waals surface area contributed by atoms with Crippen LogP contribution in [0, 0.1) is 11.3 Å². The standard InChI is InChI=1S/C22H34N2O3Si/c1-21(2,3)27-20(25)24-19-13-12-18(16-23)17(15-19)11-9-10-14-26-28(7,8)22(4,5)6/h9,11-13,15H,10,14H2,1-8H3,(H,24,25). The van der Waals surface area contributed by atoms with Gasteiger partial charge in [0.05, 0.1) is 11.6 Å². The molecule has 0 bridgehead atoms. The number of amides is 1. The molecule has 0 aliphatic carbocycles. The number of ether oxygens (including phenoxy) is 1. The van der Waals surface area contributed by atoms with Crippen LogP contribution in [0.25, 0.3) is 6.08 Å². The number of carbonyl (C=O) groups is 1. The first-order valence-electron chi connectivity index (χ1n) is 9.60. The molecule has 0 saturated carbocycles. The summed E-state index contributed by atoms with van der Waals surface area (Å²) in [5.41, 5.74) is 1.33. The number of nitrogens with one attached hydrogen (secondary N) is 1. The predicted molar refractivity (Wildman–Crippen MR) is 118 cm³/mol. The van der Waals surface area contributed by atoms with E-state index in [1.807, 2.05) is 32.9 Å². The topological polar surface area (TPSA) is 71.3 Å². The molecule has 1 N–H and O–H groups in total. The Morgan fingerprint density at radius 3 is 2.39 bits per heavy atom. The zero-order chi connectivity index (χ0) is 21.6.